The molecule has 0 saturated heterocycles. The zero-order valence-corrected chi connectivity index (χ0v) is 13.9. The van der Waals surface area contributed by atoms with Crippen molar-refractivity contribution in [1.82, 2.24) is 5.32 Å². The summed E-state index contributed by atoms with van der Waals surface area (Å²) in [7, 11) is 0. The van der Waals surface area contributed by atoms with Crippen LogP contribution in [0.1, 0.15) is 20.3 Å². The molecule has 2 atom stereocenters. The second-order valence-electron chi connectivity index (χ2n) is 6.33. The molecule has 1 heterocycles. The van der Waals surface area contributed by atoms with Crippen molar-refractivity contribution in [2.24, 2.45) is 5.92 Å². The molecule has 0 bridgehead atoms. The Morgan fingerprint density at radius 2 is 1.88 bits per heavy atom. The first kappa shape index (κ1) is 16.3. The minimum absolute atomic E-state index is 0.216. The number of hydrogen-bond acceptors (Lipinski definition) is 3. The van der Waals surface area contributed by atoms with E-state index < -0.39 is 0 Å². The van der Waals surface area contributed by atoms with Crippen molar-refractivity contribution in [1.29, 1.82) is 0 Å². The standard InChI is InChI=1S/C19H22N2O3/c1-12(9-13(2)22)11-20-19(23)21-14-7-8-16-15-5-3-4-6-17(15)24-18(16)10-14/h3-8,10,12-13,22H,9,11H2,1-2H3,(H2,20,21,23). The van der Waals surface area contributed by atoms with Crippen molar-refractivity contribution in [2.75, 3.05) is 11.9 Å². The molecule has 0 fully saturated rings. The van der Waals surface area contributed by atoms with Crippen molar-refractivity contribution in [3.05, 3.63) is 42.5 Å². The lowest BCUT2D eigenvalue weighted by molar-refractivity contribution is 0.163. The van der Waals surface area contributed by atoms with Crippen molar-refractivity contribution in [3.63, 3.8) is 0 Å². The number of fused-ring (bicyclic) bond motifs is 3. The van der Waals surface area contributed by atoms with Crippen molar-refractivity contribution in [3.8, 4) is 0 Å². The molecule has 2 unspecified atom stereocenters. The quantitative estimate of drug-likeness (QED) is 0.660. The molecule has 2 amide bonds. The van der Waals surface area contributed by atoms with Gasteiger partial charge in [0, 0.05) is 29.1 Å². The number of nitrogens with one attached hydrogen (secondary N) is 2. The van der Waals surface area contributed by atoms with Crippen LogP contribution in [-0.2, 0) is 0 Å². The number of benzene rings is 2. The average Bonchev–Trinajstić information content (AvgIpc) is 2.90. The highest BCUT2D eigenvalue weighted by atomic mass is 16.3. The van der Waals surface area contributed by atoms with Crippen LogP contribution in [0.15, 0.2) is 46.9 Å². The average molecular weight is 326 g/mol. The van der Waals surface area contributed by atoms with E-state index in [4.69, 9.17) is 4.42 Å². The number of amides is 2. The smallest absolute Gasteiger partial charge is 0.319 e. The Balaban J connectivity index is 1.67. The van der Waals surface area contributed by atoms with Gasteiger partial charge in [0.15, 0.2) is 0 Å². The summed E-state index contributed by atoms with van der Waals surface area (Å²) >= 11 is 0. The molecule has 24 heavy (non-hydrogen) atoms. The number of anilines is 1. The number of aliphatic hydroxyl groups excluding tert-OH is 1. The van der Waals surface area contributed by atoms with Crippen LogP contribution in [0, 0.1) is 5.92 Å². The number of rotatable bonds is 5. The Kier molecular flexibility index (Phi) is 4.71. The maximum Gasteiger partial charge on any atom is 0.319 e. The van der Waals surface area contributed by atoms with E-state index in [0.29, 0.717) is 18.7 Å². The molecule has 0 aliphatic rings. The van der Waals surface area contributed by atoms with E-state index >= 15 is 0 Å². The van der Waals surface area contributed by atoms with Crippen LogP contribution >= 0.6 is 0 Å². The highest BCUT2D eigenvalue weighted by Crippen LogP contribution is 2.30. The van der Waals surface area contributed by atoms with Gasteiger partial charge in [0.05, 0.1) is 6.10 Å². The van der Waals surface area contributed by atoms with Crippen LogP contribution in [-0.4, -0.2) is 23.8 Å². The lowest BCUT2D eigenvalue weighted by Gasteiger charge is -2.14. The fraction of sp³-hybridized carbons (Fsp3) is 0.316. The van der Waals surface area contributed by atoms with Crippen LogP contribution in [0.3, 0.4) is 0 Å². The molecule has 2 aromatic carbocycles. The van der Waals surface area contributed by atoms with E-state index in [-0.39, 0.29) is 18.1 Å². The van der Waals surface area contributed by atoms with Crippen molar-refractivity contribution >= 4 is 33.7 Å². The summed E-state index contributed by atoms with van der Waals surface area (Å²) in [6.07, 6.45) is 0.297. The van der Waals surface area contributed by atoms with E-state index in [9.17, 15) is 9.90 Å². The number of urea groups is 1. The minimum Gasteiger partial charge on any atom is -0.456 e. The van der Waals surface area contributed by atoms with E-state index in [1.54, 1.807) is 6.92 Å². The number of para-hydroxylation sites is 1. The molecule has 5 heteroatoms. The zero-order chi connectivity index (χ0) is 17.1. The third-order valence-corrected chi connectivity index (χ3v) is 3.99. The first-order chi connectivity index (χ1) is 11.5. The maximum absolute atomic E-state index is 12.0. The van der Waals surface area contributed by atoms with Gasteiger partial charge < -0.3 is 20.2 Å². The van der Waals surface area contributed by atoms with Crippen LogP contribution in [0.25, 0.3) is 21.9 Å². The minimum atomic E-state index is -0.361. The van der Waals surface area contributed by atoms with Crippen LogP contribution in [0.4, 0.5) is 10.5 Å². The van der Waals surface area contributed by atoms with E-state index in [2.05, 4.69) is 10.6 Å². The fourth-order valence-corrected chi connectivity index (χ4v) is 2.91. The number of hydrogen-bond donors (Lipinski definition) is 3. The molecular weight excluding hydrogens is 304 g/mol. The third kappa shape index (κ3) is 3.68. The van der Waals surface area contributed by atoms with Gasteiger partial charge in [-0.3, -0.25) is 0 Å². The Labute approximate surface area is 140 Å². The van der Waals surface area contributed by atoms with Gasteiger partial charge in [0.1, 0.15) is 11.2 Å². The predicted molar refractivity (Wildman–Crippen MR) is 96.2 cm³/mol. The normalized spacial score (nSPS) is 13.8. The van der Waals surface area contributed by atoms with Gasteiger partial charge in [-0.05, 0) is 37.5 Å². The lowest BCUT2D eigenvalue weighted by atomic mass is 10.1. The molecule has 3 N–H and O–H groups in total. The molecular formula is C19H22N2O3. The van der Waals surface area contributed by atoms with Gasteiger partial charge in [0.25, 0.3) is 0 Å². The zero-order valence-electron chi connectivity index (χ0n) is 13.9. The lowest BCUT2D eigenvalue weighted by Crippen LogP contribution is -2.33. The molecule has 0 aliphatic heterocycles. The van der Waals surface area contributed by atoms with Crippen LogP contribution in [0.2, 0.25) is 0 Å². The van der Waals surface area contributed by atoms with Crippen LogP contribution in [0.5, 0.6) is 0 Å². The summed E-state index contributed by atoms with van der Waals surface area (Å²) in [6, 6.07) is 13.2. The largest absolute Gasteiger partial charge is 0.456 e. The molecule has 126 valence electrons. The topological polar surface area (TPSA) is 74.5 Å². The summed E-state index contributed by atoms with van der Waals surface area (Å²) in [5, 5.41) is 17.1. The molecule has 0 saturated carbocycles. The summed E-state index contributed by atoms with van der Waals surface area (Å²) < 4.78 is 5.82. The summed E-state index contributed by atoms with van der Waals surface area (Å²) in [5.74, 6) is 0.216. The number of carbonyl (C=O) groups is 1. The molecule has 3 aromatic rings. The molecule has 0 spiro atoms. The summed E-state index contributed by atoms with van der Waals surface area (Å²) in [4.78, 5) is 12.0. The second-order valence-corrected chi connectivity index (χ2v) is 6.33. The molecule has 1 aromatic heterocycles. The number of furan rings is 1. The molecule has 0 aliphatic carbocycles. The van der Waals surface area contributed by atoms with E-state index in [1.165, 1.54) is 0 Å². The molecule has 0 radical (unpaired) electrons. The number of carbonyl (C=O) groups excluding carboxylic acids is 1. The van der Waals surface area contributed by atoms with Gasteiger partial charge in [0.2, 0.25) is 0 Å². The predicted octanol–water partition coefficient (Wildman–Crippen LogP) is 4.11. The fourth-order valence-electron chi connectivity index (χ4n) is 2.91. The maximum atomic E-state index is 12.0. The SMILES string of the molecule is CC(O)CC(C)CNC(=O)Nc1ccc2c(c1)oc1ccccc12. The first-order valence-corrected chi connectivity index (χ1v) is 8.17. The molecule has 3 rings (SSSR count). The van der Waals surface area contributed by atoms with Gasteiger partial charge in [-0.2, -0.15) is 0 Å². The Morgan fingerprint density at radius 3 is 2.67 bits per heavy atom. The first-order valence-electron chi connectivity index (χ1n) is 8.17. The highest BCUT2D eigenvalue weighted by molar-refractivity contribution is 6.06. The number of aliphatic hydroxyl groups is 1. The van der Waals surface area contributed by atoms with E-state index in [1.807, 2.05) is 49.4 Å². The Hall–Kier alpha value is -2.53. The van der Waals surface area contributed by atoms with Crippen molar-refractivity contribution < 1.29 is 14.3 Å². The van der Waals surface area contributed by atoms with Crippen molar-refractivity contribution in [2.45, 2.75) is 26.4 Å². The Morgan fingerprint density at radius 1 is 1.12 bits per heavy atom. The van der Waals surface area contributed by atoms with Crippen LogP contribution < -0.4 is 10.6 Å². The summed E-state index contributed by atoms with van der Waals surface area (Å²) in [5.41, 5.74) is 2.26. The second kappa shape index (κ2) is 6.93. The monoisotopic (exact) mass is 326 g/mol. The van der Waals surface area contributed by atoms with Gasteiger partial charge >= 0.3 is 6.03 Å². The highest BCUT2D eigenvalue weighted by Gasteiger charge is 2.10. The van der Waals surface area contributed by atoms with Gasteiger partial charge in [-0.25, -0.2) is 4.79 Å². The Bertz CT molecular complexity index is 854. The third-order valence-electron chi connectivity index (χ3n) is 3.99. The summed E-state index contributed by atoms with van der Waals surface area (Å²) in [6.45, 7) is 4.26. The van der Waals surface area contributed by atoms with Gasteiger partial charge in [-0.15, -0.1) is 0 Å². The molecule has 5 nitrogen and oxygen atoms in total. The van der Waals surface area contributed by atoms with Gasteiger partial charge in [-0.1, -0.05) is 25.1 Å². The van der Waals surface area contributed by atoms with E-state index in [0.717, 1.165) is 21.9 Å².